The Bertz CT molecular complexity index is 884. The van der Waals surface area contributed by atoms with Crippen LogP contribution in [0, 0.1) is 0 Å². The van der Waals surface area contributed by atoms with E-state index >= 15 is 0 Å². The molecule has 0 radical (unpaired) electrons. The van der Waals surface area contributed by atoms with Gasteiger partial charge in [0.2, 0.25) is 5.91 Å². The molecule has 7 heteroatoms. The van der Waals surface area contributed by atoms with Gasteiger partial charge in [-0.2, -0.15) is 0 Å². The van der Waals surface area contributed by atoms with E-state index in [1.165, 1.54) is 11.8 Å². The number of carbonyl (C=O) groups excluding carboxylic acids is 1. The standard InChI is InChI=1S/C19H19ClN4OS/c1-14(18(25)23(2)12-15-7-4-3-5-8-15)26-19-22-21-13-24(19)17-10-6-9-16(20)11-17/h3-11,13-14H,12H2,1-2H3/t14-/m1/s1. The fraction of sp³-hybridized carbons (Fsp3) is 0.211. The molecular formula is C19H19ClN4OS. The highest BCUT2D eigenvalue weighted by Crippen LogP contribution is 2.26. The van der Waals surface area contributed by atoms with Crippen molar-refractivity contribution in [3.63, 3.8) is 0 Å². The summed E-state index contributed by atoms with van der Waals surface area (Å²) in [6.45, 7) is 2.46. The van der Waals surface area contributed by atoms with E-state index in [1.807, 2.05) is 73.1 Å². The van der Waals surface area contributed by atoms with Crippen molar-refractivity contribution in [1.29, 1.82) is 0 Å². The fourth-order valence-corrected chi connectivity index (χ4v) is 3.70. The highest BCUT2D eigenvalue weighted by Gasteiger charge is 2.21. The molecule has 134 valence electrons. The van der Waals surface area contributed by atoms with E-state index < -0.39 is 0 Å². The number of hydrogen-bond acceptors (Lipinski definition) is 4. The Morgan fingerprint density at radius 3 is 2.73 bits per heavy atom. The Morgan fingerprint density at radius 2 is 2.00 bits per heavy atom. The lowest BCUT2D eigenvalue weighted by atomic mass is 10.2. The minimum atomic E-state index is -0.286. The minimum Gasteiger partial charge on any atom is -0.340 e. The Kier molecular flexibility index (Phi) is 5.96. The maximum Gasteiger partial charge on any atom is 0.235 e. The number of nitrogens with zero attached hydrogens (tertiary/aromatic N) is 4. The van der Waals surface area contributed by atoms with E-state index in [-0.39, 0.29) is 11.2 Å². The molecule has 0 saturated carbocycles. The van der Waals surface area contributed by atoms with E-state index in [9.17, 15) is 4.79 Å². The van der Waals surface area contributed by atoms with Gasteiger partial charge < -0.3 is 4.90 Å². The SMILES string of the molecule is C[C@@H](Sc1nncn1-c1cccc(Cl)c1)C(=O)N(C)Cc1ccccc1. The van der Waals surface area contributed by atoms with Crippen LogP contribution in [0.25, 0.3) is 5.69 Å². The number of amides is 1. The molecule has 3 rings (SSSR count). The first kappa shape index (κ1) is 18.5. The lowest BCUT2D eigenvalue weighted by molar-refractivity contribution is -0.129. The molecule has 1 atom stereocenters. The first-order valence-electron chi connectivity index (χ1n) is 8.16. The Hall–Kier alpha value is -2.31. The second-order valence-electron chi connectivity index (χ2n) is 5.90. The zero-order chi connectivity index (χ0) is 18.5. The summed E-state index contributed by atoms with van der Waals surface area (Å²) in [5, 5.41) is 9.13. The number of hydrogen-bond donors (Lipinski definition) is 0. The van der Waals surface area contributed by atoms with Crippen molar-refractivity contribution in [2.75, 3.05) is 7.05 Å². The molecule has 2 aromatic carbocycles. The summed E-state index contributed by atoms with van der Waals surface area (Å²) in [4.78, 5) is 14.4. The Balaban J connectivity index is 1.69. The molecule has 0 aliphatic heterocycles. The molecule has 0 aliphatic carbocycles. The third kappa shape index (κ3) is 4.45. The topological polar surface area (TPSA) is 51.0 Å². The van der Waals surface area contributed by atoms with Crippen LogP contribution in [0.4, 0.5) is 0 Å². The van der Waals surface area contributed by atoms with Crippen LogP contribution in [0.3, 0.4) is 0 Å². The zero-order valence-corrected chi connectivity index (χ0v) is 16.1. The minimum absolute atomic E-state index is 0.0412. The fourth-order valence-electron chi connectivity index (χ4n) is 2.56. The molecule has 1 amide bonds. The lowest BCUT2D eigenvalue weighted by Crippen LogP contribution is -2.32. The van der Waals surface area contributed by atoms with E-state index in [1.54, 1.807) is 11.2 Å². The van der Waals surface area contributed by atoms with Gasteiger partial charge in [0.25, 0.3) is 0 Å². The summed E-state index contributed by atoms with van der Waals surface area (Å²) in [5.74, 6) is 0.0412. The highest BCUT2D eigenvalue weighted by molar-refractivity contribution is 8.00. The van der Waals surface area contributed by atoms with Gasteiger partial charge in [0.15, 0.2) is 5.16 Å². The maximum absolute atomic E-state index is 12.7. The van der Waals surface area contributed by atoms with E-state index in [0.29, 0.717) is 16.7 Å². The van der Waals surface area contributed by atoms with Gasteiger partial charge in [-0.1, -0.05) is 59.8 Å². The molecule has 0 N–H and O–H groups in total. The van der Waals surface area contributed by atoms with Crippen LogP contribution in [0.1, 0.15) is 12.5 Å². The normalized spacial score (nSPS) is 12.0. The van der Waals surface area contributed by atoms with Crippen LogP contribution >= 0.6 is 23.4 Å². The quantitative estimate of drug-likeness (QED) is 0.599. The summed E-state index contributed by atoms with van der Waals surface area (Å²) in [5.41, 5.74) is 1.96. The summed E-state index contributed by atoms with van der Waals surface area (Å²) in [7, 11) is 1.81. The maximum atomic E-state index is 12.7. The summed E-state index contributed by atoms with van der Waals surface area (Å²) in [6, 6.07) is 17.4. The number of rotatable bonds is 6. The average Bonchev–Trinajstić information content (AvgIpc) is 3.10. The van der Waals surface area contributed by atoms with Gasteiger partial charge in [-0.05, 0) is 30.7 Å². The molecule has 0 unspecified atom stereocenters. The molecule has 26 heavy (non-hydrogen) atoms. The summed E-state index contributed by atoms with van der Waals surface area (Å²) < 4.78 is 1.83. The van der Waals surface area contributed by atoms with Gasteiger partial charge in [0.1, 0.15) is 6.33 Å². The zero-order valence-electron chi connectivity index (χ0n) is 14.5. The second kappa shape index (κ2) is 8.38. The Morgan fingerprint density at radius 1 is 1.23 bits per heavy atom. The summed E-state index contributed by atoms with van der Waals surface area (Å²) >= 11 is 7.45. The lowest BCUT2D eigenvalue weighted by Gasteiger charge is -2.21. The van der Waals surface area contributed by atoms with Gasteiger partial charge in [-0.25, -0.2) is 0 Å². The summed E-state index contributed by atoms with van der Waals surface area (Å²) in [6.07, 6.45) is 1.62. The molecule has 0 saturated heterocycles. The van der Waals surface area contributed by atoms with Crippen LogP contribution in [0.15, 0.2) is 66.1 Å². The largest absolute Gasteiger partial charge is 0.340 e. The number of aromatic nitrogens is 3. The second-order valence-corrected chi connectivity index (χ2v) is 7.65. The monoisotopic (exact) mass is 386 g/mol. The van der Waals surface area contributed by atoms with Gasteiger partial charge in [0, 0.05) is 18.6 Å². The van der Waals surface area contributed by atoms with Gasteiger partial charge in [-0.15, -0.1) is 10.2 Å². The van der Waals surface area contributed by atoms with Crippen LogP contribution < -0.4 is 0 Å². The molecule has 0 bridgehead atoms. The molecule has 0 aliphatic rings. The highest BCUT2D eigenvalue weighted by atomic mass is 35.5. The van der Waals surface area contributed by atoms with Gasteiger partial charge in [-0.3, -0.25) is 9.36 Å². The van der Waals surface area contributed by atoms with Crippen molar-refractivity contribution >= 4 is 29.3 Å². The molecule has 5 nitrogen and oxygen atoms in total. The molecule has 3 aromatic rings. The average molecular weight is 387 g/mol. The van der Waals surface area contributed by atoms with Crippen LogP contribution in [-0.2, 0) is 11.3 Å². The van der Waals surface area contributed by atoms with E-state index in [0.717, 1.165) is 11.3 Å². The molecule has 0 fully saturated rings. The smallest absolute Gasteiger partial charge is 0.235 e. The van der Waals surface area contributed by atoms with Crippen molar-refractivity contribution in [3.05, 3.63) is 71.5 Å². The third-order valence-electron chi connectivity index (χ3n) is 3.87. The number of benzene rings is 2. The van der Waals surface area contributed by atoms with Crippen molar-refractivity contribution in [2.24, 2.45) is 0 Å². The first-order valence-corrected chi connectivity index (χ1v) is 9.42. The predicted octanol–water partition coefficient (Wildman–Crippen LogP) is 4.06. The van der Waals surface area contributed by atoms with Crippen LogP contribution in [-0.4, -0.2) is 37.9 Å². The van der Waals surface area contributed by atoms with Crippen molar-refractivity contribution in [1.82, 2.24) is 19.7 Å². The number of halogens is 1. The molecule has 0 spiro atoms. The number of thioether (sulfide) groups is 1. The Labute approximate surface area is 162 Å². The van der Waals surface area contributed by atoms with Gasteiger partial charge >= 0.3 is 0 Å². The molecule has 1 aromatic heterocycles. The van der Waals surface area contributed by atoms with Crippen LogP contribution in [0.2, 0.25) is 5.02 Å². The van der Waals surface area contributed by atoms with Crippen molar-refractivity contribution in [3.8, 4) is 5.69 Å². The predicted molar refractivity (Wildman–Crippen MR) is 105 cm³/mol. The van der Waals surface area contributed by atoms with Gasteiger partial charge in [0.05, 0.1) is 10.9 Å². The third-order valence-corrected chi connectivity index (χ3v) is 5.15. The van der Waals surface area contributed by atoms with Crippen molar-refractivity contribution in [2.45, 2.75) is 23.9 Å². The molecule has 1 heterocycles. The van der Waals surface area contributed by atoms with E-state index in [4.69, 9.17) is 11.6 Å². The van der Waals surface area contributed by atoms with E-state index in [2.05, 4.69) is 10.2 Å². The van der Waals surface area contributed by atoms with Crippen molar-refractivity contribution < 1.29 is 4.79 Å². The first-order chi connectivity index (χ1) is 12.5. The molecular weight excluding hydrogens is 368 g/mol. The number of carbonyl (C=O) groups is 1. The van der Waals surface area contributed by atoms with Crippen LogP contribution in [0.5, 0.6) is 0 Å².